The Hall–Kier alpha value is -2.77. The van der Waals surface area contributed by atoms with E-state index in [4.69, 9.17) is 11.5 Å². The van der Waals surface area contributed by atoms with E-state index in [1.165, 1.54) is 6.92 Å². The number of carboxylic acids is 1. The molecule has 0 spiro atoms. The zero-order chi connectivity index (χ0) is 23.0. The summed E-state index contributed by atoms with van der Waals surface area (Å²) in [5.74, 6) is -4.44. The van der Waals surface area contributed by atoms with Crippen LogP contribution in [0.15, 0.2) is 0 Å². The number of hydrogen-bond acceptors (Lipinski definition) is 8. The molecular weight excluding hydrogens is 402 g/mol. The molecule has 0 bridgehead atoms. The number of likely N-dealkylation sites (tertiary alicyclic amines) is 1. The lowest BCUT2D eigenvalue weighted by atomic mass is 10.1. The smallest absolute Gasteiger partial charge is 0.326 e. The highest BCUT2D eigenvalue weighted by Crippen LogP contribution is 2.18. The van der Waals surface area contributed by atoms with Crippen LogP contribution in [0.2, 0.25) is 0 Å². The van der Waals surface area contributed by atoms with E-state index in [9.17, 15) is 39.3 Å². The van der Waals surface area contributed by atoms with Crippen LogP contribution in [0, 0.1) is 0 Å². The fourth-order valence-corrected chi connectivity index (χ4v) is 3.03. The first kappa shape index (κ1) is 25.3. The van der Waals surface area contributed by atoms with Gasteiger partial charge in [-0.25, -0.2) is 4.79 Å². The van der Waals surface area contributed by atoms with Crippen LogP contribution in [0.25, 0.3) is 0 Å². The summed E-state index contributed by atoms with van der Waals surface area (Å²) in [5, 5.41) is 33.0. The summed E-state index contributed by atoms with van der Waals surface area (Å²) >= 11 is 0. The normalized spacial score (nSPS) is 20.0. The number of aliphatic hydroxyl groups excluding tert-OH is 2. The zero-order valence-electron chi connectivity index (χ0n) is 16.6. The summed E-state index contributed by atoms with van der Waals surface area (Å²) in [6.45, 7) is 0.565. The number of aliphatic hydroxyl groups is 2. The van der Waals surface area contributed by atoms with Gasteiger partial charge in [0.05, 0.1) is 18.8 Å². The molecule has 1 rings (SSSR count). The Labute approximate surface area is 172 Å². The highest BCUT2D eigenvalue weighted by molar-refractivity contribution is 5.94. The van der Waals surface area contributed by atoms with E-state index in [1.54, 1.807) is 0 Å². The van der Waals surface area contributed by atoms with E-state index < -0.39 is 66.5 Å². The molecule has 0 aromatic carbocycles. The zero-order valence-corrected chi connectivity index (χ0v) is 16.6. The monoisotopic (exact) mass is 431 g/mol. The third-order valence-electron chi connectivity index (χ3n) is 4.72. The molecule has 9 N–H and O–H groups in total. The van der Waals surface area contributed by atoms with Crippen molar-refractivity contribution in [1.29, 1.82) is 0 Å². The standard InChI is InChI=1S/C17H29N5O8/c1-8(24)13(21-14(26)9(18)4-5-12(19)25)15(27)20-10(7-23)16(28)22-6-2-3-11(22)17(29)30/h8-11,13,23-24H,2-7,18H2,1H3,(H2,19,25)(H,20,27)(H,21,26)(H,29,30). The molecule has 1 heterocycles. The van der Waals surface area contributed by atoms with Crippen molar-refractivity contribution in [3.8, 4) is 0 Å². The Morgan fingerprint density at radius 1 is 1.17 bits per heavy atom. The average molecular weight is 431 g/mol. The molecule has 1 saturated heterocycles. The van der Waals surface area contributed by atoms with Crippen LogP contribution in [0.1, 0.15) is 32.6 Å². The number of hydrogen-bond donors (Lipinski definition) is 7. The second-order valence-corrected chi connectivity index (χ2v) is 7.11. The predicted molar refractivity (Wildman–Crippen MR) is 101 cm³/mol. The Bertz CT molecular complexity index is 671. The van der Waals surface area contributed by atoms with Crippen molar-refractivity contribution in [3.63, 3.8) is 0 Å². The maximum Gasteiger partial charge on any atom is 0.326 e. The minimum Gasteiger partial charge on any atom is -0.480 e. The van der Waals surface area contributed by atoms with Crippen LogP contribution < -0.4 is 22.1 Å². The molecule has 170 valence electrons. The summed E-state index contributed by atoms with van der Waals surface area (Å²) in [5.41, 5.74) is 10.6. The highest BCUT2D eigenvalue weighted by atomic mass is 16.4. The van der Waals surface area contributed by atoms with Crippen molar-refractivity contribution in [3.05, 3.63) is 0 Å². The van der Waals surface area contributed by atoms with Crippen LogP contribution in [0.5, 0.6) is 0 Å². The van der Waals surface area contributed by atoms with Gasteiger partial charge in [-0.15, -0.1) is 0 Å². The average Bonchev–Trinajstić information content (AvgIpc) is 3.17. The first-order valence-corrected chi connectivity index (χ1v) is 9.46. The third kappa shape index (κ3) is 6.93. The number of carbonyl (C=O) groups excluding carboxylic acids is 4. The van der Waals surface area contributed by atoms with Crippen LogP contribution in [0.3, 0.4) is 0 Å². The van der Waals surface area contributed by atoms with Gasteiger partial charge >= 0.3 is 5.97 Å². The molecule has 5 atom stereocenters. The minimum atomic E-state index is -1.51. The van der Waals surface area contributed by atoms with Crippen LogP contribution in [-0.4, -0.2) is 93.2 Å². The molecule has 1 aliphatic heterocycles. The van der Waals surface area contributed by atoms with Gasteiger partial charge in [0.25, 0.3) is 0 Å². The van der Waals surface area contributed by atoms with Gasteiger partial charge in [-0.1, -0.05) is 0 Å². The van der Waals surface area contributed by atoms with Crippen molar-refractivity contribution in [2.24, 2.45) is 11.5 Å². The number of nitrogens with two attached hydrogens (primary N) is 2. The molecule has 5 unspecified atom stereocenters. The fraction of sp³-hybridized carbons (Fsp3) is 0.706. The maximum absolute atomic E-state index is 12.6. The first-order chi connectivity index (χ1) is 14.0. The Kier molecular flexibility index (Phi) is 9.62. The lowest BCUT2D eigenvalue weighted by Crippen LogP contribution is -2.60. The van der Waals surface area contributed by atoms with Gasteiger partial charge in [0.1, 0.15) is 18.1 Å². The van der Waals surface area contributed by atoms with E-state index in [2.05, 4.69) is 10.6 Å². The number of nitrogens with zero attached hydrogens (tertiary/aromatic N) is 1. The molecule has 0 radical (unpaired) electrons. The quantitative estimate of drug-likeness (QED) is 0.169. The van der Waals surface area contributed by atoms with Crippen LogP contribution in [0.4, 0.5) is 0 Å². The Morgan fingerprint density at radius 3 is 2.30 bits per heavy atom. The molecule has 0 aromatic heterocycles. The van der Waals surface area contributed by atoms with Gasteiger partial charge in [0.15, 0.2) is 0 Å². The van der Waals surface area contributed by atoms with Crippen molar-refractivity contribution in [1.82, 2.24) is 15.5 Å². The van der Waals surface area contributed by atoms with Crippen LogP contribution >= 0.6 is 0 Å². The van der Waals surface area contributed by atoms with E-state index in [1.807, 2.05) is 0 Å². The van der Waals surface area contributed by atoms with Gasteiger partial charge in [-0.2, -0.15) is 0 Å². The first-order valence-electron chi connectivity index (χ1n) is 9.46. The fourth-order valence-electron chi connectivity index (χ4n) is 3.03. The number of amides is 4. The van der Waals surface area contributed by atoms with Crippen molar-refractivity contribution >= 4 is 29.6 Å². The number of aliphatic carboxylic acids is 1. The van der Waals surface area contributed by atoms with Crippen LogP contribution in [-0.2, 0) is 24.0 Å². The lowest BCUT2D eigenvalue weighted by molar-refractivity contribution is -0.150. The van der Waals surface area contributed by atoms with Gasteiger partial charge in [0.2, 0.25) is 23.6 Å². The Balaban J connectivity index is 2.80. The van der Waals surface area contributed by atoms with E-state index in [0.717, 1.165) is 4.90 Å². The minimum absolute atomic E-state index is 0.0708. The Morgan fingerprint density at radius 2 is 1.80 bits per heavy atom. The summed E-state index contributed by atoms with van der Waals surface area (Å²) in [4.78, 5) is 60.3. The molecule has 0 aromatic rings. The number of nitrogens with one attached hydrogen (secondary N) is 2. The molecule has 30 heavy (non-hydrogen) atoms. The van der Waals surface area contributed by atoms with E-state index in [-0.39, 0.29) is 25.8 Å². The third-order valence-corrected chi connectivity index (χ3v) is 4.72. The van der Waals surface area contributed by atoms with Gasteiger partial charge in [-0.3, -0.25) is 19.2 Å². The topological polar surface area (TPSA) is 225 Å². The SMILES string of the molecule is CC(O)C(NC(=O)C(N)CCC(N)=O)C(=O)NC(CO)C(=O)N1CCCC1C(=O)O. The highest BCUT2D eigenvalue weighted by Gasteiger charge is 2.38. The van der Waals surface area contributed by atoms with Crippen molar-refractivity contribution < 1.29 is 39.3 Å². The van der Waals surface area contributed by atoms with Crippen molar-refractivity contribution in [2.75, 3.05) is 13.2 Å². The van der Waals surface area contributed by atoms with Gasteiger partial charge in [0, 0.05) is 13.0 Å². The van der Waals surface area contributed by atoms with Crippen molar-refractivity contribution in [2.45, 2.75) is 62.9 Å². The largest absolute Gasteiger partial charge is 0.480 e. The second kappa shape index (κ2) is 11.4. The molecule has 0 saturated carbocycles. The lowest BCUT2D eigenvalue weighted by Gasteiger charge is -2.28. The summed E-state index contributed by atoms with van der Waals surface area (Å²) in [6.07, 6.45) is -0.890. The number of rotatable bonds is 11. The summed E-state index contributed by atoms with van der Waals surface area (Å²) in [6, 6.07) is -5.19. The molecule has 0 aliphatic carbocycles. The van der Waals surface area contributed by atoms with E-state index in [0.29, 0.717) is 6.42 Å². The number of carbonyl (C=O) groups is 5. The maximum atomic E-state index is 12.6. The molecule has 1 fully saturated rings. The second-order valence-electron chi connectivity index (χ2n) is 7.11. The van der Waals surface area contributed by atoms with Gasteiger partial charge < -0.3 is 42.3 Å². The molecule has 4 amide bonds. The number of primary amides is 1. The summed E-state index contributed by atoms with van der Waals surface area (Å²) < 4.78 is 0. The predicted octanol–water partition coefficient (Wildman–Crippen LogP) is -4.00. The summed E-state index contributed by atoms with van der Waals surface area (Å²) in [7, 11) is 0. The van der Waals surface area contributed by atoms with E-state index >= 15 is 0 Å². The molecule has 13 nitrogen and oxygen atoms in total. The molecule has 13 heteroatoms. The van der Waals surface area contributed by atoms with Gasteiger partial charge in [-0.05, 0) is 26.2 Å². The molecular formula is C17H29N5O8. The molecule has 1 aliphatic rings. The number of carboxylic acid groups (broad SMARTS) is 1.